The summed E-state index contributed by atoms with van der Waals surface area (Å²) in [5.41, 5.74) is 0.383. The Labute approximate surface area is 95.8 Å². The van der Waals surface area contributed by atoms with Crippen molar-refractivity contribution in [3.05, 3.63) is 0 Å². The van der Waals surface area contributed by atoms with Gasteiger partial charge in [0.1, 0.15) is 0 Å². The molecule has 0 aliphatic rings. The van der Waals surface area contributed by atoms with Crippen LogP contribution in [0, 0.1) is 5.41 Å². The van der Waals surface area contributed by atoms with Crippen LogP contribution in [0.15, 0.2) is 0 Å². The van der Waals surface area contributed by atoms with E-state index in [4.69, 9.17) is 4.74 Å². The predicted molar refractivity (Wildman–Crippen MR) is 67.2 cm³/mol. The largest absolute Gasteiger partial charge is 0.374 e. The quantitative estimate of drug-likeness (QED) is 0.760. The molecule has 0 spiro atoms. The molecule has 0 aliphatic heterocycles. The molecule has 92 valence electrons. The van der Waals surface area contributed by atoms with Crippen LogP contribution in [0.5, 0.6) is 0 Å². The molecule has 2 nitrogen and oxygen atoms in total. The van der Waals surface area contributed by atoms with Crippen LogP contribution in [0.1, 0.15) is 54.4 Å². The maximum absolute atomic E-state index is 5.79. The van der Waals surface area contributed by atoms with Crippen molar-refractivity contribution in [2.75, 3.05) is 13.7 Å². The molecule has 0 aromatic rings. The molecule has 0 radical (unpaired) electrons. The van der Waals surface area contributed by atoms with Gasteiger partial charge in [0.2, 0.25) is 0 Å². The second-order valence-corrected chi connectivity index (χ2v) is 6.51. The number of likely N-dealkylation sites (N-methyl/N-ethyl adjacent to an activating group) is 1. The SMILES string of the molecule is CNC(CCC(C)(C)C)COC(C)(C)C. The molecular formula is C13H29NO. The number of ether oxygens (including phenoxy) is 1. The molecule has 1 atom stereocenters. The molecule has 0 fully saturated rings. The molecule has 2 heteroatoms. The Hall–Kier alpha value is -0.0800. The summed E-state index contributed by atoms with van der Waals surface area (Å²) in [7, 11) is 2.01. The van der Waals surface area contributed by atoms with Gasteiger partial charge < -0.3 is 10.1 Å². The molecule has 1 N–H and O–H groups in total. The second kappa shape index (κ2) is 5.86. The fourth-order valence-electron chi connectivity index (χ4n) is 1.27. The summed E-state index contributed by atoms with van der Waals surface area (Å²) in [6.07, 6.45) is 2.40. The molecule has 0 amide bonds. The van der Waals surface area contributed by atoms with E-state index in [1.165, 1.54) is 12.8 Å². The van der Waals surface area contributed by atoms with Crippen molar-refractivity contribution in [1.82, 2.24) is 5.32 Å². The number of hydrogen-bond donors (Lipinski definition) is 1. The van der Waals surface area contributed by atoms with Crippen LogP contribution in [0.4, 0.5) is 0 Å². The summed E-state index contributed by atoms with van der Waals surface area (Å²) in [6.45, 7) is 13.9. The minimum atomic E-state index is -0.0309. The monoisotopic (exact) mass is 215 g/mol. The summed E-state index contributed by atoms with van der Waals surface area (Å²) < 4.78 is 5.79. The van der Waals surface area contributed by atoms with Gasteiger partial charge in [0, 0.05) is 6.04 Å². The topological polar surface area (TPSA) is 21.3 Å². The molecule has 0 bridgehead atoms. The highest BCUT2D eigenvalue weighted by Crippen LogP contribution is 2.22. The van der Waals surface area contributed by atoms with Crippen molar-refractivity contribution < 1.29 is 4.74 Å². The standard InChI is InChI=1S/C13H29NO/c1-12(2,3)9-8-11(14-7)10-15-13(4,5)6/h11,14H,8-10H2,1-7H3. The maximum Gasteiger partial charge on any atom is 0.0626 e. The Balaban J connectivity index is 3.84. The van der Waals surface area contributed by atoms with E-state index < -0.39 is 0 Å². The van der Waals surface area contributed by atoms with E-state index >= 15 is 0 Å². The van der Waals surface area contributed by atoms with Crippen LogP contribution < -0.4 is 5.32 Å². The van der Waals surface area contributed by atoms with Crippen molar-refractivity contribution in [2.24, 2.45) is 5.41 Å². The molecular weight excluding hydrogens is 186 g/mol. The molecule has 0 saturated carbocycles. The van der Waals surface area contributed by atoms with E-state index in [-0.39, 0.29) is 5.60 Å². The Morgan fingerprint density at radius 1 is 1.07 bits per heavy atom. The van der Waals surface area contributed by atoms with Crippen LogP contribution in [-0.4, -0.2) is 25.3 Å². The minimum absolute atomic E-state index is 0.0309. The lowest BCUT2D eigenvalue weighted by Gasteiger charge is -2.26. The first-order chi connectivity index (χ1) is 6.64. The van der Waals surface area contributed by atoms with Crippen LogP contribution >= 0.6 is 0 Å². The third-order valence-corrected chi connectivity index (χ3v) is 2.37. The fraction of sp³-hybridized carbons (Fsp3) is 1.00. The van der Waals surface area contributed by atoms with Crippen molar-refractivity contribution in [2.45, 2.75) is 66.0 Å². The Kier molecular flexibility index (Phi) is 5.82. The molecule has 1 unspecified atom stereocenters. The number of hydrogen-bond acceptors (Lipinski definition) is 2. The average molecular weight is 215 g/mol. The molecule has 15 heavy (non-hydrogen) atoms. The average Bonchev–Trinajstić information content (AvgIpc) is 2.00. The van der Waals surface area contributed by atoms with E-state index in [1.54, 1.807) is 0 Å². The Morgan fingerprint density at radius 3 is 1.93 bits per heavy atom. The highest BCUT2D eigenvalue weighted by molar-refractivity contribution is 4.71. The van der Waals surface area contributed by atoms with Gasteiger partial charge >= 0.3 is 0 Å². The first kappa shape index (κ1) is 14.9. The first-order valence-corrected chi connectivity index (χ1v) is 5.95. The maximum atomic E-state index is 5.79. The Morgan fingerprint density at radius 2 is 1.60 bits per heavy atom. The molecule has 0 aromatic carbocycles. The minimum Gasteiger partial charge on any atom is -0.374 e. The lowest BCUT2D eigenvalue weighted by molar-refractivity contribution is -0.0155. The van der Waals surface area contributed by atoms with Crippen molar-refractivity contribution in [3.63, 3.8) is 0 Å². The third kappa shape index (κ3) is 10.2. The molecule has 0 aromatic heterocycles. The van der Waals surface area contributed by atoms with Gasteiger partial charge in [-0.2, -0.15) is 0 Å². The smallest absolute Gasteiger partial charge is 0.0626 e. The van der Waals surface area contributed by atoms with Crippen LogP contribution in [0.2, 0.25) is 0 Å². The highest BCUT2D eigenvalue weighted by atomic mass is 16.5. The lowest BCUT2D eigenvalue weighted by Crippen LogP contribution is -2.35. The summed E-state index contributed by atoms with van der Waals surface area (Å²) in [5, 5.41) is 3.32. The molecule has 0 rings (SSSR count). The van der Waals surface area contributed by atoms with Gasteiger partial charge in [-0.15, -0.1) is 0 Å². The first-order valence-electron chi connectivity index (χ1n) is 5.95. The molecule has 0 aliphatic carbocycles. The van der Waals surface area contributed by atoms with Crippen LogP contribution in [-0.2, 0) is 4.74 Å². The fourth-order valence-corrected chi connectivity index (χ4v) is 1.27. The molecule has 0 saturated heterocycles. The van der Waals surface area contributed by atoms with Crippen molar-refractivity contribution in [3.8, 4) is 0 Å². The lowest BCUT2D eigenvalue weighted by atomic mass is 9.89. The van der Waals surface area contributed by atoms with Crippen LogP contribution in [0.3, 0.4) is 0 Å². The zero-order valence-electron chi connectivity index (χ0n) is 11.6. The van der Waals surface area contributed by atoms with Gasteiger partial charge in [-0.05, 0) is 46.1 Å². The summed E-state index contributed by atoms with van der Waals surface area (Å²) in [6, 6.07) is 0.475. The summed E-state index contributed by atoms with van der Waals surface area (Å²) in [5.74, 6) is 0. The van der Waals surface area contributed by atoms with Crippen LogP contribution in [0.25, 0.3) is 0 Å². The van der Waals surface area contributed by atoms with E-state index in [9.17, 15) is 0 Å². The van der Waals surface area contributed by atoms with Gasteiger partial charge in [-0.25, -0.2) is 0 Å². The zero-order valence-corrected chi connectivity index (χ0v) is 11.6. The predicted octanol–water partition coefficient (Wildman–Crippen LogP) is 3.22. The summed E-state index contributed by atoms with van der Waals surface area (Å²) in [4.78, 5) is 0. The van der Waals surface area contributed by atoms with Gasteiger partial charge in [0.15, 0.2) is 0 Å². The van der Waals surface area contributed by atoms with E-state index in [0.717, 1.165) is 6.61 Å². The normalized spacial score (nSPS) is 15.4. The summed E-state index contributed by atoms with van der Waals surface area (Å²) >= 11 is 0. The Bertz CT molecular complexity index is 146. The van der Waals surface area contributed by atoms with E-state index in [2.05, 4.69) is 46.9 Å². The highest BCUT2D eigenvalue weighted by Gasteiger charge is 2.17. The molecule has 0 heterocycles. The van der Waals surface area contributed by atoms with E-state index in [0.29, 0.717) is 11.5 Å². The van der Waals surface area contributed by atoms with Crippen molar-refractivity contribution >= 4 is 0 Å². The van der Waals surface area contributed by atoms with E-state index in [1.807, 2.05) is 7.05 Å². The van der Waals surface area contributed by atoms with Gasteiger partial charge in [-0.1, -0.05) is 20.8 Å². The second-order valence-electron chi connectivity index (χ2n) is 6.51. The van der Waals surface area contributed by atoms with Gasteiger partial charge in [0.05, 0.1) is 12.2 Å². The van der Waals surface area contributed by atoms with Gasteiger partial charge in [0.25, 0.3) is 0 Å². The third-order valence-electron chi connectivity index (χ3n) is 2.37. The number of rotatable bonds is 5. The van der Waals surface area contributed by atoms with Gasteiger partial charge in [-0.3, -0.25) is 0 Å². The zero-order chi connectivity index (χ0) is 12.1. The van der Waals surface area contributed by atoms with Crippen molar-refractivity contribution in [1.29, 1.82) is 0 Å². The number of nitrogens with one attached hydrogen (secondary N) is 1.